The van der Waals surface area contributed by atoms with Crippen molar-refractivity contribution in [3.63, 3.8) is 0 Å². The molecule has 2 nitrogen and oxygen atoms in total. The Morgan fingerprint density at radius 1 is 1.26 bits per heavy atom. The van der Waals surface area contributed by atoms with Gasteiger partial charge in [0.2, 0.25) is 0 Å². The van der Waals surface area contributed by atoms with Crippen LogP contribution in [0, 0.1) is 23.2 Å². The molecule has 1 unspecified atom stereocenters. The number of benzene rings is 1. The fourth-order valence-electron chi connectivity index (χ4n) is 2.88. The standard InChI is InChI=1S/C16H21FN2/c17-9-6-16(12-18)15-7-10-19(11-8-15)13-14-4-2-1-3-5-14/h1-5,15-16H,6-11,13H2. The fourth-order valence-corrected chi connectivity index (χ4v) is 2.88. The molecule has 3 heteroatoms. The molecule has 2 rings (SSSR count). The first-order chi connectivity index (χ1) is 9.33. The number of likely N-dealkylation sites (tertiary alicyclic amines) is 1. The number of hydrogen-bond acceptors (Lipinski definition) is 2. The second-order valence-electron chi connectivity index (χ2n) is 5.31. The van der Waals surface area contributed by atoms with Crippen LogP contribution in [0.15, 0.2) is 30.3 Å². The van der Waals surface area contributed by atoms with Crippen LogP contribution in [0.3, 0.4) is 0 Å². The first-order valence-corrected chi connectivity index (χ1v) is 7.05. The van der Waals surface area contributed by atoms with Crippen LogP contribution in [0.2, 0.25) is 0 Å². The average Bonchev–Trinajstić information content (AvgIpc) is 2.47. The van der Waals surface area contributed by atoms with E-state index in [9.17, 15) is 4.39 Å². The number of hydrogen-bond donors (Lipinski definition) is 0. The van der Waals surface area contributed by atoms with E-state index in [1.807, 2.05) is 6.07 Å². The Bertz CT molecular complexity index is 405. The highest BCUT2D eigenvalue weighted by Crippen LogP contribution is 2.27. The van der Waals surface area contributed by atoms with Crippen molar-refractivity contribution in [2.75, 3.05) is 19.8 Å². The summed E-state index contributed by atoms with van der Waals surface area (Å²) in [4.78, 5) is 2.43. The third-order valence-corrected chi connectivity index (χ3v) is 4.04. The number of piperidine rings is 1. The van der Waals surface area contributed by atoms with Gasteiger partial charge < -0.3 is 0 Å². The van der Waals surface area contributed by atoms with Crippen molar-refractivity contribution in [3.05, 3.63) is 35.9 Å². The van der Waals surface area contributed by atoms with Crippen LogP contribution in [0.4, 0.5) is 4.39 Å². The Morgan fingerprint density at radius 2 is 1.95 bits per heavy atom. The molecule has 1 aliphatic rings. The van der Waals surface area contributed by atoms with Crippen molar-refractivity contribution in [1.82, 2.24) is 4.90 Å². The minimum Gasteiger partial charge on any atom is -0.299 e. The molecule has 0 spiro atoms. The van der Waals surface area contributed by atoms with Crippen molar-refractivity contribution in [2.45, 2.75) is 25.8 Å². The molecule has 0 amide bonds. The SMILES string of the molecule is N#CC(CCF)C1CCN(Cc2ccccc2)CC1. The van der Waals surface area contributed by atoms with Gasteiger partial charge in [-0.2, -0.15) is 5.26 Å². The Hall–Kier alpha value is -1.40. The van der Waals surface area contributed by atoms with Gasteiger partial charge in [-0.15, -0.1) is 0 Å². The first kappa shape index (κ1) is 14.0. The van der Waals surface area contributed by atoms with E-state index in [-0.39, 0.29) is 12.6 Å². The molecule has 0 N–H and O–H groups in total. The molecule has 102 valence electrons. The van der Waals surface area contributed by atoms with Gasteiger partial charge in [-0.3, -0.25) is 9.29 Å². The van der Waals surface area contributed by atoms with E-state index in [0.29, 0.717) is 12.3 Å². The van der Waals surface area contributed by atoms with Gasteiger partial charge in [0, 0.05) is 6.54 Å². The molecule has 1 heterocycles. The van der Waals surface area contributed by atoms with Gasteiger partial charge in [0.1, 0.15) is 0 Å². The number of halogens is 1. The monoisotopic (exact) mass is 260 g/mol. The first-order valence-electron chi connectivity index (χ1n) is 7.05. The molecule has 0 radical (unpaired) electrons. The zero-order valence-electron chi connectivity index (χ0n) is 11.3. The molecule has 1 fully saturated rings. The molecule has 0 aromatic heterocycles. The van der Waals surface area contributed by atoms with Gasteiger partial charge >= 0.3 is 0 Å². The molecule has 0 saturated carbocycles. The predicted octanol–water partition coefficient (Wildman–Crippen LogP) is 3.40. The predicted molar refractivity (Wildman–Crippen MR) is 74.1 cm³/mol. The van der Waals surface area contributed by atoms with Gasteiger partial charge in [0.05, 0.1) is 18.7 Å². The highest BCUT2D eigenvalue weighted by molar-refractivity contribution is 5.14. The van der Waals surface area contributed by atoms with E-state index in [2.05, 4.69) is 35.2 Å². The summed E-state index contributed by atoms with van der Waals surface area (Å²) in [7, 11) is 0. The normalized spacial score (nSPS) is 18.9. The topological polar surface area (TPSA) is 27.0 Å². The molecular formula is C16H21FN2. The van der Waals surface area contributed by atoms with E-state index in [4.69, 9.17) is 5.26 Å². The Balaban J connectivity index is 1.81. The van der Waals surface area contributed by atoms with Crippen LogP contribution in [0.1, 0.15) is 24.8 Å². The maximum absolute atomic E-state index is 12.4. The number of nitrogens with zero attached hydrogens (tertiary/aromatic N) is 2. The van der Waals surface area contributed by atoms with Crippen molar-refractivity contribution in [3.8, 4) is 6.07 Å². The summed E-state index contributed by atoms with van der Waals surface area (Å²) in [6.45, 7) is 2.64. The van der Waals surface area contributed by atoms with Gasteiger partial charge in [-0.25, -0.2) is 0 Å². The van der Waals surface area contributed by atoms with Crippen LogP contribution in [0.5, 0.6) is 0 Å². The van der Waals surface area contributed by atoms with Crippen molar-refractivity contribution in [1.29, 1.82) is 5.26 Å². The van der Waals surface area contributed by atoms with Crippen molar-refractivity contribution >= 4 is 0 Å². The molecule has 1 atom stereocenters. The summed E-state index contributed by atoms with van der Waals surface area (Å²) in [5.41, 5.74) is 1.33. The summed E-state index contributed by atoms with van der Waals surface area (Å²) < 4.78 is 12.4. The smallest absolute Gasteiger partial charge is 0.0907 e. The highest BCUT2D eigenvalue weighted by atomic mass is 19.1. The summed E-state index contributed by atoms with van der Waals surface area (Å²) in [6, 6.07) is 12.7. The molecule has 1 aromatic carbocycles. The lowest BCUT2D eigenvalue weighted by molar-refractivity contribution is 0.151. The van der Waals surface area contributed by atoms with E-state index in [1.54, 1.807) is 0 Å². The number of alkyl halides is 1. The average molecular weight is 260 g/mol. The maximum atomic E-state index is 12.4. The third-order valence-electron chi connectivity index (χ3n) is 4.04. The van der Waals surface area contributed by atoms with Crippen LogP contribution in [-0.4, -0.2) is 24.7 Å². The summed E-state index contributed by atoms with van der Waals surface area (Å²) in [6.07, 6.45) is 2.44. The van der Waals surface area contributed by atoms with E-state index < -0.39 is 0 Å². The maximum Gasteiger partial charge on any atom is 0.0907 e. The summed E-state index contributed by atoms with van der Waals surface area (Å²) >= 11 is 0. The van der Waals surface area contributed by atoms with Crippen LogP contribution < -0.4 is 0 Å². The second-order valence-corrected chi connectivity index (χ2v) is 5.31. The lowest BCUT2D eigenvalue weighted by Gasteiger charge is -2.33. The lowest BCUT2D eigenvalue weighted by Crippen LogP contribution is -2.35. The number of nitriles is 1. The highest BCUT2D eigenvalue weighted by Gasteiger charge is 2.26. The largest absolute Gasteiger partial charge is 0.299 e. The number of rotatable bonds is 5. The molecular weight excluding hydrogens is 239 g/mol. The summed E-state index contributed by atoms with van der Waals surface area (Å²) in [5, 5.41) is 9.08. The molecule has 1 saturated heterocycles. The molecule has 0 aliphatic carbocycles. The fraction of sp³-hybridized carbons (Fsp3) is 0.562. The van der Waals surface area contributed by atoms with Gasteiger partial charge in [0.15, 0.2) is 0 Å². The Labute approximate surface area is 114 Å². The molecule has 0 bridgehead atoms. The second kappa shape index (κ2) is 7.25. The minimum atomic E-state index is -0.373. The van der Waals surface area contributed by atoms with Crippen molar-refractivity contribution < 1.29 is 4.39 Å². The van der Waals surface area contributed by atoms with Gasteiger partial charge in [-0.1, -0.05) is 30.3 Å². The lowest BCUT2D eigenvalue weighted by atomic mass is 9.83. The molecule has 1 aliphatic heterocycles. The Kier molecular flexibility index (Phi) is 5.35. The van der Waals surface area contributed by atoms with E-state index in [0.717, 1.165) is 32.5 Å². The van der Waals surface area contributed by atoms with Crippen LogP contribution in [0.25, 0.3) is 0 Å². The van der Waals surface area contributed by atoms with Crippen LogP contribution in [-0.2, 0) is 6.54 Å². The summed E-state index contributed by atoms with van der Waals surface area (Å²) in [5.74, 6) is 0.289. The quantitative estimate of drug-likeness (QED) is 0.811. The zero-order valence-corrected chi connectivity index (χ0v) is 11.3. The molecule has 19 heavy (non-hydrogen) atoms. The van der Waals surface area contributed by atoms with Gasteiger partial charge in [-0.05, 0) is 43.8 Å². The van der Waals surface area contributed by atoms with Crippen LogP contribution >= 0.6 is 0 Å². The molecule has 1 aromatic rings. The van der Waals surface area contributed by atoms with Crippen molar-refractivity contribution in [2.24, 2.45) is 11.8 Å². The Morgan fingerprint density at radius 3 is 2.53 bits per heavy atom. The third kappa shape index (κ3) is 4.04. The van der Waals surface area contributed by atoms with E-state index >= 15 is 0 Å². The van der Waals surface area contributed by atoms with Gasteiger partial charge in [0.25, 0.3) is 0 Å². The minimum absolute atomic E-state index is 0.0936. The zero-order chi connectivity index (χ0) is 13.5. The van der Waals surface area contributed by atoms with E-state index in [1.165, 1.54) is 5.56 Å².